The summed E-state index contributed by atoms with van der Waals surface area (Å²) in [6.45, 7) is 5.42. The highest BCUT2D eigenvalue weighted by atomic mass is 32.2. The Labute approximate surface area is 171 Å². The molecule has 1 fully saturated rings. The van der Waals surface area contributed by atoms with Gasteiger partial charge in [0.15, 0.2) is 0 Å². The van der Waals surface area contributed by atoms with E-state index >= 15 is 0 Å². The van der Waals surface area contributed by atoms with Crippen molar-refractivity contribution in [2.75, 3.05) is 38.7 Å². The lowest BCUT2D eigenvalue weighted by Gasteiger charge is -2.26. The molecule has 0 spiro atoms. The maximum Gasteiger partial charge on any atom is 0.255 e. The van der Waals surface area contributed by atoms with Crippen molar-refractivity contribution in [2.24, 2.45) is 0 Å². The third-order valence-electron chi connectivity index (χ3n) is 4.85. The summed E-state index contributed by atoms with van der Waals surface area (Å²) in [6, 6.07) is 12.0. The molecule has 1 N–H and O–H groups in total. The summed E-state index contributed by atoms with van der Waals surface area (Å²) >= 11 is 0. The van der Waals surface area contributed by atoms with Crippen LogP contribution in [0.4, 0.5) is 5.69 Å². The van der Waals surface area contributed by atoms with Gasteiger partial charge in [0.1, 0.15) is 10.6 Å². The van der Waals surface area contributed by atoms with E-state index in [1.807, 2.05) is 24.3 Å². The topological polar surface area (TPSA) is 84.9 Å². The van der Waals surface area contributed by atoms with Crippen LogP contribution < -0.4 is 10.1 Å². The van der Waals surface area contributed by atoms with Crippen LogP contribution in [0.2, 0.25) is 0 Å². The summed E-state index contributed by atoms with van der Waals surface area (Å²) in [5.74, 6) is 0.215. The van der Waals surface area contributed by atoms with Gasteiger partial charge in [-0.25, -0.2) is 8.42 Å². The third-order valence-corrected chi connectivity index (χ3v) is 6.77. The highest BCUT2D eigenvalue weighted by Gasteiger charge is 2.30. The highest BCUT2D eigenvalue weighted by Crippen LogP contribution is 2.29. The van der Waals surface area contributed by atoms with Gasteiger partial charge in [-0.05, 0) is 41.8 Å². The Bertz CT molecular complexity index is 965. The van der Waals surface area contributed by atoms with Gasteiger partial charge in [0.25, 0.3) is 5.91 Å². The molecule has 8 heteroatoms. The van der Waals surface area contributed by atoms with Crippen LogP contribution in [0.3, 0.4) is 0 Å². The van der Waals surface area contributed by atoms with Gasteiger partial charge < -0.3 is 14.8 Å². The standard InChI is InChI=1S/C21H26N2O5S/c1-15(2)16-4-7-18(8-5-16)22-21(24)17-6-9-19(27-3)20(14-17)29(25,26)23-10-12-28-13-11-23/h4-9,14-15H,10-13H2,1-3H3,(H,22,24). The number of hydrogen-bond donors (Lipinski definition) is 1. The van der Waals surface area contributed by atoms with E-state index < -0.39 is 10.0 Å². The molecule has 0 bridgehead atoms. The average Bonchev–Trinajstić information content (AvgIpc) is 2.74. The molecule has 2 aromatic carbocycles. The normalized spacial score (nSPS) is 15.3. The predicted molar refractivity (Wildman–Crippen MR) is 111 cm³/mol. The van der Waals surface area contributed by atoms with Crippen LogP contribution in [-0.4, -0.2) is 52.0 Å². The van der Waals surface area contributed by atoms with E-state index in [0.717, 1.165) is 0 Å². The first-order valence-electron chi connectivity index (χ1n) is 9.50. The van der Waals surface area contributed by atoms with Crippen molar-refractivity contribution in [2.45, 2.75) is 24.7 Å². The van der Waals surface area contributed by atoms with Crippen LogP contribution in [0.15, 0.2) is 47.4 Å². The number of amides is 1. The second-order valence-corrected chi connectivity index (χ2v) is 9.02. The molecule has 1 aliphatic rings. The van der Waals surface area contributed by atoms with Gasteiger partial charge in [0.2, 0.25) is 10.0 Å². The smallest absolute Gasteiger partial charge is 0.255 e. The highest BCUT2D eigenvalue weighted by molar-refractivity contribution is 7.89. The fourth-order valence-corrected chi connectivity index (χ4v) is 4.69. The Morgan fingerprint density at radius 1 is 1.10 bits per heavy atom. The number of nitrogens with zero attached hydrogens (tertiary/aromatic N) is 1. The van der Waals surface area contributed by atoms with Crippen molar-refractivity contribution < 1.29 is 22.7 Å². The number of morpholine rings is 1. The van der Waals surface area contributed by atoms with Crippen LogP contribution in [0.25, 0.3) is 0 Å². The molecule has 0 unspecified atom stereocenters. The molecule has 0 radical (unpaired) electrons. The van der Waals surface area contributed by atoms with Crippen molar-refractivity contribution in [3.63, 3.8) is 0 Å². The van der Waals surface area contributed by atoms with E-state index in [9.17, 15) is 13.2 Å². The number of ether oxygens (including phenoxy) is 2. The molecule has 1 saturated heterocycles. The summed E-state index contributed by atoms with van der Waals surface area (Å²) in [7, 11) is -2.39. The van der Waals surface area contributed by atoms with Gasteiger partial charge in [-0.1, -0.05) is 26.0 Å². The number of sulfonamides is 1. The fourth-order valence-electron chi connectivity index (χ4n) is 3.10. The van der Waals surface area contributed by atoms with Crippen molar-refractivity contribution in [1.82, 2.24) is 4.31 Å². The number of methoxy groups -OCH3 is 1. The van der Waals surface area contributed by atoms with E-state index in [1.165, 1.54) is 29.1 Å². The molecule has 3 rings (SSSR count). The SMILES string of the molecule is COc1ccc(C(=O)Nc2ccc(C(C)C)cc2)cc1S(=O)(=O)N1CCOCC1. The first kappa shape index (κ1) is 21.3. The molecular formula is C21H26N2O5S. The Kier molecular flexibility index (Phi) is 6.56. The van der Waals surface area contributed by atoms with Crippen LogP contribution in [0, 0.1) is 0 Å². The van der Waals surface area contributed by atoms with Crippen LogP contribution in [-0.2, 0) is 14.8 Å². The molecule has 1 amide bonds. The van der Waals surface area contributed by atoms with Crippen molar-refractivity contribution in [3.05, 3.63) is 53.6 Å². The first-order valence-corrected chi connectivity index (χ1v) is 10.9. The summed E-state index contributed by atoms with van der Waals surface area (Å²) in [4.78, 5) is 12.7. The van der Waals surface area contributed by atoms with Gasteiger partial charge in [0, 0.05) is 24.3 Å². The van der Waals surface area contributed by atoms with Crippen molar-refractivity contribution in [1.29, 1.82) is 0 Å². The number of hydrogen-bond acceptors (Lipinski definition) is 5. The lowest BCUT2D eigenvalue weighted by molar-refractivity contribution is 0.0729. The molecule has 29 heavy (non-hydrogen) atoms. The monoisotopic (exact) mass is 418 g/mol. The number of benzene rings is 2. The zero-order chi connectivity index (χ0) is 21.0. The molecule has 156 valence electrons. The molecule has 2 aromatic rings. The zero-order valence-electron chi connectivity index (χ0n) is 16.8. The molecule has 0 aliphatic carbocycles. The second kappa shape index (κ2) is 8.94. The third kappa shape index (κ3) is 4.77. The summed E-state index contributed by atoms with van der Waals surface area (Å²) in [6.07, 6.45) is 0. The molecule has 0 atom stereocenters. The Balaban J connectivity index is 1.86. The number of rotatable bonds is 6. The minimum absolute atomic E-state index is 0.0234. The maximum absolute atomic E-state index is 13.1. The van der Waals surface area contributed by atoms with E-state index in [0.29, 0.717) is 24.8 Å². The molecule has 0 saturated carbocycles. The number of anilines is 1. The minimum Gasteiger partial charge on any atom is -0.495 e. The lowest BCUT2D eigenvalue weighted by atomic mass is 10.0. The Hall–Kier alpha value is -2.42. The molecule has 1 heterocycles. The molecule has 1 aliphatic heterocycles. The zero-order valence-corrected chi connectivity index (χ0v) is 17.7. The van der Waals surface area contributed by atoms with Gasteiger partial charge >= 0.3 is 0 Å². The quantitative estimate of drug-likeness (QED) is 0.779. The van der Waals surface area contributed by atoms with Gasteiger partial charge in [-0.3, -0.25) is 4.79 Å². The van der Waals surface area contributed by atoms with E-state index in [-0.39, 0.29) is 35.2 Å². The summed E-state index contributed by atoms with van der Waals surface area (Å²) in [5.41, 5.74) is 2.06. The summed E-state index contributed by atoms with van der Waals surface area (Å²) < 4.78 is 37.9. The van der Waals surface area contributed by atoms with Crippen LogP contribution in [0.5, 0.6) is 5.75 Å². The molecule has 0 aromatic heterocycles. The molecule has 7 nitrogen and oxygen atoms in total. The van der Waals surface area contributed by atoms with Crippen LogP contribution >= 0.6 is 0 Å². The fraction of sp³-hybridized carbons (Fsp3) is 0.381. The minimum atomic E-state index is -3.80. The maximum atomic E-state index is 13.1. The average molecular weight is 419 g/mol. The van der Waals surface area contributed by atoms with E-state index in [1.54, 1.807) is 6.07 Å². The summed E-state index contributed by atoms with van der Waals surface area (Å²) in [5, 5.41) is 2.81. The predicted octanol–water partition coefficient (Wildman–Crippen LogP) is 3.09. The van der Waals surface area contributed by atoms with E-state index in [2.05, 4.69) is 19.2 Å². The van der Waals surface area contributed by atoms with E-state index in [4.69, 9.17) is 9.47 Å². The Morgan fingerprint density at radius 2 is 1.76 bits per heavy atom. The van der Waals surface area contributed by atoms with Crippen LogP contribution in [0.1, 0.15) is 35.7 Å². The largest absolute Gasteiger partial charge is 0.495 e. The second-order valence-electron chi connectivity index (χ2n) is 7.11. The van der Waals surface area contributed by atoms with Crippen molar-refractivity contribution in [3.8, 4) is 5.75 Å². The first-order chi connectivity index (χ1) is 13.8. The number of carbonyl (C=O) groups is 1. The lowest BCUT2D eigenvalue weighted by Crippen LogP contribution is -2.40. The Morgan fingerprint density at radius 3 is 2.34 bits per heavy atom. The molecular weight excluding hydrogens is 392 g/mol. The number of carbonyl (C=O) groups excluding carboxylic acids is 1. The van der Waals surface area contributed by atoms with Crippen molar-refractivity contribution >= 4 is 21.6 Å². The van der Waals surface area contributed by atoms with Gasteiger partial charge in [-0.15, -0.1) is 0 Å². The van der Waals surface area contributed by atoms with Gasteiger partial charge in [0.05, 0.1) is 20.3 Å². The number of nitrogens with one attached hydrogen (secondary N) is 1. The van der Waals surface area contributed by atoms with Gasteiger partial charge in [-0.2, -0.15) is 4.31 Å².